The summed E-state index contributed by atoms with van der Waals surface area (Å²) in [6.07, 6.45) is -0.328. The first-order valence-electron chi connectivity index (χ1n) is 4.44. The fraction of sp³-hybridized carbons (Fsp3) is 0.714. The van der Waals surface area contributed by atoms with Crippen molar-refractivity contribution in [3.05, 3.63) is 0 Å². The predicted octanol–water partition coefficient (Wildman–Crippen LogP) is -1.69. The number of hydrogen-bond donors (Lipinski definition) is 0. The summed E-state index contributed by atoms with van der Waals surface area (Å²) in [5.74, 6) is -1.40. The summed E-state index contributed by atoms with van der Waals surface area (Å²) in [5, 5.41) is 0. The van der Waals surface area contributed by atoms with Gasteiger partial charge in [0, 0.05) is 12.8 Å². The van der Waals surface area contributed by atoms with Crippen molar-refractivity contribution in [3.63, 3.8) is 0 Å². The Morgan fingerprint density at radius 1 is 1.07 bits per heavy atom. The van der Waals surface area contributed by atoms with Gasteiger partial charge in [-0.15, -0.1) is 0 Å². The van der Waals surface area contributed by atoms with Gasteiger partial charge in [-0.1, -0.05) is 0 Å². The normalized spacial score (nSPS) is 18.5. The molecule has 1 aliphatic heterocycles. The molecular formula is C7H10BF3KNO2. The summed E-state index contributed by atoms with van der Waals surface area (Å²) in [4.78, 5) is 22.6. The first kappa shape index (κ1) is 15.6. The second-order valence-corrected chi connectivity index (χ2v) is 3.32. The molecule has 0 unspecified atom stereocenters. The Bertz CT molecular complexity index is 241. The van der Waals surface area contributed by atoms with Crippen LogP contribution in [0.15, 0.2) is 0 Å². The Kier molecular flexibility index (Phi) is 6.66. The summed E-state index contributed by atoms with van der Waals surface area (Å²) in [7, 11) is 0. The van der Waals surface area contributed by atoms with Gasteiger partial charge in [-0.05, 0) is 19.3 Å². The molecule has 1 rings (SSSR count). The second-order valence-electron chi connectivity index (χ2n) is 3.32. The Morgan fingerprint density at radius 3 is 1.80 bits per heavy atom. The molecule has 1 aliphatic rings. The molecule has 0 aliphatic carbocycles. The van der Waals surface area contributed by atoms with Crippen LogP contribution in [-0.2, 0) is 9.59 Å². The van der Waals surface area contributed by atoms with Gasteiger partial charge in [0.15, 0.2) is 0 Å². The molecule has 0 saturated carbocycles. The van der Waals surface area contributed by atoms with Crippen molar-refractivity contribution >= 4 is 18.8 Å². The number of amides is 2. The fourth-order valence-corrected chi connectivity index (χ4v) is 1.37. The zero-order valence-electron chi connectivity index (χ0n) is 8.51. The van der Waals surface area contributed by atoms with Crippen molar-refractivity contribution < 1.29 is 73.9 Å². The van der Waals surface area contributed by atoms with E-state index in [1.54, 1.807) is 0 Å². The van der Waals surface area contributed by atoms with Crippen LogP contribution in [0.25, 0.3) is 0 Å². The molecule has 0 spiro atoms. The molecule has 8 heteroatoms. The number of likely N-dealkylation sites (tertiary alicyclic amines) is 1. The van der Waals surface area contributed by atoms with E-state index in [0.717, 1.165) is 0 Å². The van der Waals surface area contributed by atoms with Gasteiger partial charge in [0.05, 0.1) is 0 Å². The summed E-state index contributed by atoms with van der Waals surface area (Å²) in [6, 6.07) is 0. The van der Waals surface area contributed by atoms with E-state index < -0.39 is 25.2 Å². The van der Waals surface area contributed by atoms with Crippen LogP contribution in [0.4, 0.5) is 12.9 Å². The minimum atomic E-state index is -5.12. The summed E-state index contributed by atoms with van der Waals surface area (Å²) < 4.78 is 36.1. The summed E-state index contributed by atoms with van der Waals surface area (Å²) >= 11 is 0. The monoisotopic (exact) mass is 247 g/mol. The average molecular weight is 247 g/mol. The molecular weight excluding hydrogens is 237 g/mol. The van der Waals surface area contributed by atoms with Gasteiger partial charge in [-0.25, -0.2) is 0 Å². The van der Waals surface area contributed by atoms with Gasteiger partial charge in [0.25, 0.3) is 0 Å². The number of carbonyl (C=O) groups excluding carboxylic acids is 2. The molecule has 1 fully saturated rings. The maximum atomic E-state index is 12.0. The topological polar surface area (TPSA) is 37.4 Å². The molecule has 3 nitrogen and oxygen atoms in total. The largest absolute Gasteiger partial charge is 1.00 e. The van der Waals surface area contributed by atoms with Crippen molar-refractivity contribution in [1.82, 2.24) is 4.90 Å². The molecule has 1 saturated heterocycles. The molecule has 0 aromatic heterocycles. The van der Waals surface area contributed by atoms with Crippen LogP contribution in [0, 0.1) is 0 Å². The molecule has 0 radical (unpaired) electrons. The minimum Gasteiger partial charge on any atom is -0.448 e. The Morgan fingerprint density at radius 2 is 1.47 bits per heavy atom. The third-order valence-electron chi connectivity index (χ3n) is 2.02. The van der Waals surface area contributed by atoms with Crippen LogP contribution in [0.1, 0.15) is 25.7 Å². The number of carbonyl (C=O) groups is 2. The van der Waals surface area contributed by atoms with Gasteiger partial charge < -0.3 is 17.8 Å². The Labute approximate surface area is 128 Å². The average Bonchev–Trinajstić information content (AvgIpc) is 2.17. The maximum absolute atomic E-state index is 12.0. The molecule has 0 bridgehead atoms. The van der Waals surface area contributed by atoms with Crippen molar-refractivity contribution in [3.8, 4) is 0 Å². The maximum Gasteiger partial charge on any atom is 1.00 e. The van der Waals surface area contributed by atoms with E-state index in [1.165, 1.54) is 0 Å². The van der Waals surface area contributed by atoms with Gasteiger partial charge in [-0.3, -0.25) is 9.59 Å². The van der Waals surface area contributed by atoms with Crippen molar-refractivity contribution in [2.45, 2.75) is 25.7 Å². The van der Waals surface area contributed by atoms with E-state index in [1.807, 2.05) is 0 Å². The molecule has 80 valence electrons. The van der Waals surface area contributed by atoms with E-state index in [9.17, 15) is 22.5 Å². The van der Waals surface area contributed by atoms with Gasteiger partial charge in [-0.2, -0.15) is 0 Å². The first-order chi connectivity index (χ1) is 6.40. The third-order valence-corrected chi connectivity index (χ3v) is 2.02. The number of rotatable bonds is 2. The van der Waals surface area contributed by atoms with Crippen LogP contribution in [-0.4, -0.2) is 30.1 Å². The number of nitrogens with zero attached hydrogens (tertiary/aromatic N) is 1. The van der Waals surface area contributed by atoms with Crippen molar-refractivity contribution in [2.24, 2.45) is 0 Å². The molecule has 0 aromatic carbocycles. The zero-order valence-corrected chi connectivity index (χ0v) is 11.6. The Balaban J connectivity index is 0.00000196. The SMILES string of the molecule is O=C1CCCCC(=O)N1C[B-](F)(F)F.[K+]. The summed E-state index contributed by atoms with van der Waals surface area (Å²) in [5.41, 5.74) is 0. The minimum absolute atomic E-state index is 0. The van der Waals surface area contributed by atoms with E-state index >= 15 is 0 Å². The van der Waals surface area contributed by atoms with Crippen LogP contribution >= 0.6 is 0 Å². The molecule has 0 aromatic rings. The smallest absolute Gasteiger partial charge is 0.448 e. The van der Waals surface area contributed by atoms with Gasteiger partial charge in [0.2, 0.25) is 11.8 Å². The Hall–Kier alpha value is 0.631. The van der Waals surface area contributed by atoms with Crippen molar-refractivity contribution in [1.29, 1.82) is 0 Å². The number of imide groups is 1. The van der Waals surface area contributed by atoms with E-state index in [0.29, 0.717) is 17.7 Å². The van der Waals surface area contributed by atoms with E-state index in [2.05, 4.69) is 0 Å². The standard InChI is InChI=1S/C7H10BF3NO2.K/c9-8(10,11)5-12-6(13)3-1-2-4-7(12)14;/h1-5H2;/q-1;+1. The van der Waals surface area contributed by atoms with Crippen LogP contribution in [0.3, 0.4) is 0 Å². The molecule has 2 amide bonds. The zero-order chi connectivity index (χ0) is 10.8. The van der Waals surface area contributed by atoms with Crippen LogP contribution in [0.2, 0.25) is 0 Å². The molecule has 15 heavy (non-hydrogen) atoms. The molecule has 0 N–H and O–H groups in total. The number of halogens is 3. The van der Waals surface area contributed by atoms with E-state index in [-0.39, 0.29) is 64.2 Å². The van der Waals surface area contributed by atoms with Crippen LogP contribution < -0.4 is 51.4 Å². The van der Waals surface area contributed by atoms with Crippen molar-refractivity contribution in [2.75, 3.05) is 6.44 Å². The number of hydrogen-bond acceptors (Lipinski definition) is 2. The van der Waals surface area contributed by atoms with E-state index in [4.69, 9.17) is 0 Å². The molecule has 0 atom stereocenters. The summed E-state index contributed by atoms with van der Waals surface area (Å²) in [6.45, 7) is -5.12. The quantitative estimate of drug-likeness (QED) is 0.431. The second kappa shape index (κ2) is 6.39. The van der Waals surface area contributed by atoms with Gasteiger partial charge >= 0.3 is 58.4 Å². The first-order valence-corrected chi connectivity index (χ1v) is 4.44. The van der Waals surface area contributed by atoms with Crippen LogP contribution in [0.5, 0.6) is 0 Å². The third kappa shape index (κ3) is 5.48. The fourth-order valence-electron chi connectivity index (χ4n) is 1.37. The molecule has 1 heterocycles. The van der Waals surface area contributed by atoms with Gasteiger partial charge in [0.1, 0.15) is 0 Å². The predicted molar refractivity (Wildman–Crippen MR) is 44.3 cm³/mol.